The minimum Gasteiger partial charge on any atom is -0.481 e. The van der Waals surface area contributed by atoms with Gasteiger partial charge in [-0.3, -0.25) is 4.79 Å². The highest BCUT2D eigenvalue weighted by Crippen LogP contribution is 2.50. The summed E-state index contributed by atoms with van der Waals surface area (Å²) in [4.78, 5) is 11.6. The van der Waals surface area contributed by atoms with Crippen LogP contribution in [-0.4, -0.2) is 36.9 Å². The van der Waals surface area contributed by atoms with Gasteiger partial charge in [-0.15, -0.1) is 0 Å². The van der Waals surface area contributed by atoms with E-state index >= 15 is 0 Å². The summed E-state index contributed by atoms with van der Waals surface area (Å²) in [7, 11) is -3.88. The van der Waals surface area contributed by atoms with Gasteiger partial charge in [-0.2, -0.15) is 4.31 Å². The predicted octanol–water partition coefficient (Wildman–Crippen LogP) is 2.01. The van der Waals surface area contributed by atoms with E-state index in [0.29, 0.717) is 6.42 Å². The van der Waals surface area contributed by atoms with Crippen molar-refractivity contribution in [2.75, 3.05) is 13.1 Å². The van der Waals surface area contributed by atoms with Crippen LogP contribution in [0.5, 0.6) is 0 Å². The number of carboxylic acid groups (broad SMARTS) is 1. The summed E-state index contributed by atoms with van der Waals surface area (Å²) < 4.78 is 40.4. The van der Waals surface area contributed by atoms with Crippen molar-refractivity contribution in [3.8, 4) is 0 Å². The smallest absolute Gasteiger partial charge is 0.311 e. The fraction of sp³-hybridized carbons (Fsp3) is 0.533. The van der Waals surface area contributed by atoms with E-state index in [9.17, 15) is 22.7 Å². The van der Waals surface area contributed by atoms with Crippen LogP contribution in [0.2, 0.25) is 0 Å². The van der Waals surface area contributed by atoms with E-state index in [1.54, 1.807) is 0 Å². The molecule has 1 aromatic carbocycles. The normalized spacial score (nSPS) is 28.7. The lowest BCUT2D eigenvalue weighted by Gasteiger charge is -2.23. The molecule has 22 heavy (non-hydrogen) atoms. The molecule has 2 fully saturated rings. The highest BCUT2D eigenvalue weighted by atomic mass is 32.2. The van der Waals surface area contributed by atoms with Crippen molar-refractivity contribution in [2.45, 2.75) is 31.1 Å². The Bertz CT molecular complexity index is 733. The van der Waals surface area contributed by atoms with Crippen LogP contribution in [0.1, 0.15) is 24.8 Å². The number of aliphatic carboxylic acids is 1. The first-order valence-corrected chi connectivity index (χ1v) is 8.72. The van der Waals surface area contributed by atoms with Gasteiger partial charge in [-0.1, -0.05) is 12.5 Å². The van der Waals surface area contributed by atoms with Gasteiger partial charge in [0.15, 0.2) is 0 Å². The summed E-state index contributed by atoms with van der Waals surface area (Å²) >= 11 is 0. The van der Waals surface area contributed by atoms with E-state index in [4.69, 9.17) is 0 Å². The van der Waals surface area contributed by atoms with E-state index in [0.717, 1.165) is 12.8 Å². The maximum atomic E-state index is 13.7. The average Bonchev–Trinajstić information content (AvgIpc) is 2.99. The van der Waals surface area contributed by atoms with Crippen LogP contribution in [0, 0.1) is 24.1 Å². The van der Waals surface area contributed by atoms with E-state index in [1.807, 2.05) is 0 Å². The predicted molar refractivity (Wildman–Crippen MR) is 77.3 cm³/mol. The van der Waals surface area contributed by atoms with E-state index in [2.05, 4.69) is 0 Å². The van der Waals surface area contributed by atoms with Gasteiger partial charge in [0, 0.05) is 18.7 Å². The molecule has 2 atom stereocenters. The summed E-state index contributed by atoms with van der Waals surface area (Å²) in [6.45, 7) is 1.60. The number of sulfonamides is 1. The fourth-order valence-corrected chi connectivity index (χ4v) is 5.57. The van der Waals surface area contributed by atoms with Crippen LogP contribution >= 0.6 is 0 Å². The number of hydrogen-bond donors (Lipinski definition) is 1. The number of fused-ring (bicyclic) bond motifs is 1. The van der Waals surface area contributed by atoms with Gasteiger partial charge in [-0.25, -0.2) is 12.8 Å². The molecule has 7 heteroatoms. The maximum Gasteiger partial charge on any atom is 0.311 e. The van der Waals surface area contributed by atoms with Gasteiger partial charge >= 0.3 is 5.97 Å². The van der Waals surface area contributed by atoms with Crippen molar-refractivity contribution in [2.24, 2.45) is 11.3 Å². The Morgan fingerprint density at radius 2 is 2.18 bits per heavy atom. The second-order valence-corrected chi connectivity index (χ2v) is 8.12. The topological polar surface area (TPSA) is 74.7 Å². The Balaban J connectivity index is 1.99. The molecule has 0 unspecified atom stereocenters. The molecule has 2 aliphatic rings. The van der Waals surface area contributed by atoms with Crippen molar-refractivity contribution in [1.82, 2.24) is 4.31 Å². The monoisotopic (exact) mass is 327 g/mol. The molecular weight excluding hydrogens is 309 g/mol. The van der Waals surface area contributed by atoms with E-state index in [-0.39, 0.29) is 29.5 Å². The molecule has 1 saturated carbocycles. The van der Waals surface area contributed by atoms with Gasteiger partial charge in [-0.05, 0) is 37.8 Å². The third-order valence-electron chi connectivity index (χ3n) is 5.10. The van der Waals surface area contributed by atoms with E-state index < -0.39 is 27.2 Å². The zero-order valence-electron chi connectivity index (χ0n) is 12.3. The quantitative estimate of drug-likeness (QED) is 0.921. The van der Waals surface area contributed by atoms with Gasteiger partial charge < -0.3 is 5.11 Å². The molecule has 0 aromatic heterocycles. The number of nitrogens with zero attached hydrogens (tertiary/aromatic N) is 1. The highest BCUT2D eigenvalue weighted by Gasteiger charge is 2.57. The molecule has 0 spiro atoms. The lowest BCUT2D eigenvalue weighted by Crippen LogP contribution is -2.37. The summed E-state index contributed by atoms with van der Waals surface area (Å²) in [6.07, 6.45) is 2.03. The van der Waals surface area contributed by atoms with Crippen LogP contribution in [0.3, 0.4) is 0 Å². The Morgan fingerprint density at radius 3 is 2.82 bits per heavy atom. The van der Waals surface area contributed by atoms with Crippen LogP contribution in [-0.2, 0) is 14.8 Å². The van der Waals surface area contributed by atoms with Crippen molar-refractivity contribution in [3.05, 3.63) is 29.6 Å². The molecule has 5 nitrogen and oxygen atoms in total. The fourth-order valence-electron chi connectivity index (χ4n) is 3.78. The summed E-state index contributed by atoms with van der Waals surface area (Å²) in [5.41, 5.74) is -0.905. The molecule has 3 rings (SSSR count). The molecule has 1 aliphatic carbocycles. The van der Waals surface area contributed by atoms with Gasteiger partial charge in [0.25, 0.3) is 0 Å². The first kappa shape index (κ1) is 15.4. The number of carboxylic acids is 1. The molecule has 0 radical (unpaired) electrons. The average molecular weight is 327 g/mol. The van der Waals surface area contributed by atoms with Crippen molar-refractivity contribution >= 4 is 16.0 Å². The lowest BCUT2D eigenvalue weighted by molar-refractivity contribution is -0.149. The molecule has 1 saturated heterocycles. The lowest BCUT2D eigenvalue weighted by atomic mass is 9.81. The molecule has 120 valence electrons. The second kappa shape index (κ2) is 5.03. The number of rotatable bonds is 3. The minimum absolute atomic E-state index is 0.0225. The molecule has 1 N–H and O–H groups in total. The van der Waals surface area contributed by atoms with Gasteiger partial charge in [0.2, 0.25) is 10.0 Å². The van der Waals surface area contributed by atoms with Crippen LogP contribution < -0.4 is 0 Å². The number of benzene rings is 1. The molecule has 1 aliphatic heterocycles. The first-order valence-electron chi connectivity index (χ1n) is 7.28. The van der Waals surface area contributed by atoms with Gasteiger partial charge in [0.1, 0.15) is 5.82 Å². The van der Waals surface area contributed by atoms with Crippen molar-refractivity contribution in [1.29, 1.82) is 0 Å². The SMILES string of the molecule is Cc1c(F)cccc1S(=O)(=O)N1C[C@@H]2CCC[C@@]2(C(=O)O)C1. The summed E-state index contributed by atoms with van der Waals surface area (Å²) in [6, 6.07) is 3.94. The summed E-state index contributed by atoms with van der Waals surface area (Å²) in [5.74, 6) is -1.66. The maximum absolute atomic E-state index is 13.7. The van der Waals surface area contributed by atoms with E-state index in [1.165, 1.54) is 29.4 Å². The third kappa shape index (κ3) is 2.06. The molecule has 1 aromatic rings. The van der Waals surface area contributed by atoms with Crippen molar-refractivity contribution < 1.29 is 22.7 Å². The first-order chi connectivity index (χ1) is 10.3. The Morgan fingerprint density at radius 1 is 1.45 bits per heavy atom. The largest absolute Gasteiger partial charge is 0.481 e. The van der Waals surface area contributed by atoms with Gasteiger partial charge in [0.05, 0.1) is 10.3 Å². The zero-order valence-corrected chi connectivity index (χ0v) is 13.1. The minimum atomic E-state index is -3.88. The standard InChI is InChI=1S/C15H18FNO4S/c1-10-12(16)5-2-6-13(10)22(20,21)17-8-11-4-3-7-15(11,9-17)14(18)19/h2,5-6,11H,3-4,7-9H2,1H3,(H,18,19)/t11-,15+/m0/s1. The number of hydrogen-bond acceptors (Lipinski definition) is 3. The van der Waals surface area contributed by atoms with Crippen LogP contribution in [0.15, 0.2) is 23.1 Å². The van der Waals surface area contributed by atoms with Crippen LogP contribution in [0.25, 0.3) is 0 Å². The summed E-state index contributed by atoms with van der Waals surface area (Å²) in [5, 5.41) is 9.55. The molecule has 1 heterocycles. The third-order valence-corrected chi connectivity index (χ3v) is 7.06. The number of halogens is 1. The molecule has 0 amide bonds. The molecular formula is C15H18FNO4S. The second-order valence-electron chi connectivity index (χ2n) is 6.21. The zero-order chi connectivity index (χ0) is 16.1. The Kier molecular flexibility index (Phi) is 3.52. The molecule has 0 bridgehead atoms. The Labute approximate surface area is 128 Å². The Hall–Kier alpha value is -1.47. The number of carbonyl (C=O) groups is 1. The highest BCUT2D eigenvalue weighted by molar-refractivity contribution is 7.89. The van der Waals surface area contributed by atoms with Crippen molar-refractivity contribution in [3.63, 3.8) is 0 Å². The van der Waals surface area contributed by atoms with Crippen LogP contribution in [0.4, 0.5) is 4.39 Å².